The summed E-state index contributed by atoms with van der Waals surface area (Å²) in [4.78, 5) is 14.8. The predicted molar refractivity (Wildman–Crippen MR) is 117 cm³/mol. The molecule has 1 heterocycles. The van der Waals surface area contributed by atoms with Crippen molar-refractivity contribution >= 4 is 73.1 Å². The Labute approximate surface area is 217 Å². The van der Waals surface area contributed by atoms with Crippen LogP contribution in [0.1, 0.15) is 60.8 Å². The summed E-state index contributed by atoms with van der Waals surface area (Å²) in [5, 5.41) is 2.90. The number of urea groups is 1. The second-order valence-corrected chi connectivity index (χ2v) is 10.2. The van der Waals surface area contributed by atoms with E-state index < -0.39 is 16.1 Å². The van der Waals surface area contributed by atoms with E-state index in [1.807, 2.05) is 0 Å². The molecule has 8 heteroatoms. The molecule has 1 saturated heterocycles. The second kappa shape index (κ2) is 10.6. The van der Waals surface area contributed by atoms with Crippen LogP contribution in [-0.2, 0) is 35.7 Å². The maximum Gasteiger partial charge on any atom is 0.332 e. The van der Waals surface area contributed by atoms with Gasteiger partial charge >= 0.3 is 6.03 Å². The van der Waals surface area contributed by atoms with Crippen LogP contribution in [-0.4, -0.2) is 96.1 Å². The monoisotopic (exact) mass is 444 g/mol. The maximum atomic E-state index is 12.5. The van der Waals surface area contributed by atoms with Crippen LogP contribution in [0.2, 0.25) is 0 Å². The third-order valence-electron chi connectivity index (χ3n) is 6.30. The first-order valence-electron chi connectivity index (χ1n) is 10.7. The van der Waals surface area contributed by atoms with Crippen molar-refractivity contribution in [3.63, 3.8) is 0 Å². The van der Waals surface area contributed by atoms with Gasteiger partial charge in [0, 0.05) is 57.1 Å². The van der Waals surface area contributed by atoms with Gasteiger partial charge in [-0.3, -0.25) is 0 Å². The predicted octanol–water partition coefficient (Wildman–Crippen LogP) is 2.61. The summed E-state index contributed by atoms with van der Waals surface area (Å²) in [5.41, 5.74) is 5.93. The number of benzene rings is 1. The van der Waals surface area contributed by atoms with Crippen molar-refractivity contribution in [2.75, 3.05) is 30.7 Å². The summed E-state index contributed by atoms with van der Waals surface area (Å²) < 4.78 is 26.9. The van der Waals surface area contributed by atoms with Gasteiger partial charge in [-0.1, -0.05) is 12.5 Å². The number of likely N-dealkylation sites (tertiary alicyclic amines) is 1. The van der Waals surface area contributed by atoms with Crippen LogP contribution >= 0.6 is 0 Å². The molecule has 0 saturated carbocycles. The van der Waals surface area contributed by atoms with E-state index in [9.17, 15) is 13.2 Å². The van der Waals surface area contributed by atoms with Crippen molar-refractivity contribution in [3.8, 4) is 0 Å². The number of anilines is 1. The maximum absolute atomic E-state index is 12.5. The Kier molecular flexibility index (Phi) is 8.63. The Morgan fingerprint density at radius 2 is 1.55 bits per heavy atom. The van der Waals surface area contributed by atoms with E-state index in [1.165, 1.54) is 41.5 Å². The molecule has 1 radical (unpaired) electrons. The number of sulfonamides is 1. The SMILES string of the molecule is O=C(Nc1c2c(cc3c1CCC3)CCC2)NS(=O)(=O)CCCN1CCCCC1.[K]. The summed E-state index contributed by atoms with van der Waals surface area (Å²) in [6.45, 7) is 2.89. The Morgan fingerprint density at radius 1 is 0.931 bits per heavy atom. The minimum absolute atomic E-state index is 0. The molecule has 155 valence electrons. The van der Waals surface area contributed by atoms with Crippen LogP contribution in [0.25, 0.3) is 0 Å². The van der Waals surface area contributed by atoms with E-state index in [1.54, 1.807) is 0 Å². The molecule has 0 aromatic heterocycles. The molecule has 2 amide bonds. The molecule has 1 fully saturated rings. The third-order valence-corrected chi connectivity index (χ3v) is 7.62. The topological polar surface area (TPSA) is 78.5 Å². The molecular weight excluding hydrogens is 413 g/mol. The van der Waals surface area contributed by atoms with Gasteiger partial charge in [0.05, 0.1) is 5.75 Å². The van der Waals surface area contributed by atoms with Gasteiger partial charge in [0.1, 0.15) is 0 Å². The molecule has 0 unspecified atom stereocenters. The van der Waals surface area contributed by atoms with E-state index in [2.05, 4.69) is 21.0 Å². The van der Waals surface area contributed by atoms with Gasteiger partial charge in [0.25, 0.3) is 0 Å². The zero-order valence-electron chi connectivity index (χ0n) is 17.6. The standard InChI is InChI=1S/C21H31N3O3S.K/c25-21(23-28(26,27)14-6-13-24-11-2-1-3-12-24)22-20-18-9-4-7-16(18)15-17-8-5-10-19(17)20;/h15H,1-14H2,(H2,22,23,25);. The number of nitrogens with zero attached hydrogens (tertiary/aromatic N) is 1. The van der Waals surface area contributed by atoms with Crippen molar-refractivity contribution in [3.05, 3.63) is 28.3 Å². The number of hydrogen-bond donors (Lipinski definition) is 2. The first-order chi connectivity index (χ1) is 13.5. The number of amides is 2. The van der Waals surface area contributed by atoms with E-state index >= 15 is 0 Å². The fourth-order valence-electron chi connectivity index (χ4n) is 4.96. The van der Waals surface area contributed by atoms with Gasteiger partial charge in [0.15, 0.2) is 0 Å². The number of nitrogens with one attached hydrogen (secondary N) is 2. The van der Waals surface area contributed by atoms with Crippen LogP contribution < -0.4 is 10.0 Å². The zero-order valence-corrected chi connectivity index (χ0v) is 21.5. The minimum Gasteiger partial charge on any atom is -0.307 e. The summed E-state index contributed by atoms with van der Waals surface area (Å²) >= 11 is 0. The number of fused-ring (bicyclic) bond motifs is 2. The normalized spacial score (nSPS) is 18.6. The number of aryl methyl sites for hydroxylation is 2. The smallest absolute Gasteiger partial charge is 0.307 e. The average Bonchev–Trinajstić information content (AvgIpc) is 3.31. The van der Waals surface area contributed by atoms with Crippen LogP contribution in [0.3, 0.4) is 0 Å². The second-order valence-electron chi connectivity index (χ2n) is 8.36. The van der Waals surface area contributed by atoms with Crippen LogP contribution in [0.4, 0.5) is 10.5 Å². The number of piperidine rings is 1. The van der Waals surface area contributed by atoms with E-state index in [4.69, 9.17) is 0 Å². The van der Waals surface area contributed by atoms with Gasteiger partial charge < -0.3 is 10.2 Å². The van der Waals surface area contributed by atoms with Crippen LogP contribution in [0.15, 0.2) is 6.07 Å². The van der Waals surface area contributed by atoms with Crippen molar-refractivity contribution < 1.29 is 13.2 Å². The van der Waals surface area contributed by atoms with E-state index in [0.717, 1.165) is 63.8 Å². The molecule has 4 rings (SSSR count). The quantitative estimate of drug-likeness (QED) is 0.661. The van der Waals surface area contributed by atoms with Gasteiger partial charge in [0.2, 0.25) is 10.0 Å². The molecule has 29 heavy (non-hydrogen) atoms. The fourth-order valence-corrected chi connectivity index (χ4v) is 5.90. The van der Waals surface area contributed by atoms with E-state index in [-0.39, 0.29) is 57.1 Å². The molecule has 0 spiro atoms. The van der Waals surface area contributed by atoms with Crippen molar-refractivity contribution in [2.45, 2.75) is 64.2 Å². The van der Waals surface area contributed by atoms with Gasteiger partial charge in [-0.25, -0.2) is 17.9 Å². The Hall–Kier alpha value is 0.0364. The first-order valence-corrected chi connectivity index (χ1v) is 12.4. The first kappa shape index (κ1) is 23.7. The molecule has 2 N–H and O–H groups in total. The average molecular weight is 445 g/mol. The van der Waals surface area contributed by atoms with Gasteiger partial charge in [-0.05, 0) is 99.7 Å². The molecule has 2 aliphatic carbocycles. The fraction of sp³-hybridized carbons (Fsp3) is 0.667. The largest absolute Gasteiger partial charge is 0.332 e. The summed E-state index contributed by atoms with van der Waals surface area (Å²) in [5.74, 6) is -0.0120. The molecule has 0 bridgehead atoms. The summed E-state index contributed by atoms with van der Waals surface area (Å²) in [6.07, 6.45) is 10.4. The third kappa shape index (κ3) is 6.05. The van der Waals surface area contributed by atoms with Gasteiger partial charge in [-0.15, -0.1) is 0 Å². The van der Waals surface area contributed by atoms with E-state index in [0.29, 0.717) is 6.42 Å². The van der Waals surface area contributed by atoms with Crippen molar-refractivity contribution in [1.82, 2.24) is 9.62 Å². The molecule has 1 aromatic rings. The molecule has 3 aliphatic rings. The van der Waals surface area contributed by atoms with Crippen LogP contribution in [0, 0.1) is 0 Å². The number of hydrogen-bond acceptors (Lipinski definition) is 4. The van der Waals surface area contributed by atoms with Crippen molar-refractivity contribution in [2.24, 2.45) is 0 Å². The molecular formula is C21H31KN3O3S. The Morgan fingerprint density at radius 3 is 2.17 bits per heavy atom. The summed E-state index contributed by atoms with van der Waals surface area (Å²) in [6, 6.07) is 1.68. The van der Waals surface area contributed by atoms with Gasteiger partial charge in [-0.2, -0.15) is 0 Å². The van der Waals surface area contributed by atoms with Crippen LogP contribution in [0.5, 0.6) is 0 Å². The zero-order chi connectivity index (χ0) is 19.6. The Bertz CT molecular complexity index is 819. The minimum atomic E-state index is -3.62. The molecule has 1 aromatic carbocycles. The Balaban J connectivity index is 0.00000240. The van der Waals surface area contributed by atoms with Crippen molar-refractivity contribution in [1.29, 1.82) is 0 Å². The number of carbonyl (C=O) groups excluding carboxylic acids is 1. The molecule has 0 atom stereocenters. The number of carbonyl (C=O) groups is 1. The molecule has 1 aliphatic heterocycles. The summed E-state index contributed by atoms with van der Waals surface area (Å²) in [7, 11) is -3.62. The number of rotatable bonds is 6. The molecule has 6 nitrogen and oxygen atoms in total.